The Kier molecular flexibility index (Phi) is 3.97. The third kappa shape index (κ3) is 2.74. The molecule has 2 nitrogen and oxygen atoms in total. The van der Waals surface area contributed by atoms with Gasteiger partial charge in [-0.25, -0.2) is 17.6 Å². The average Bonchev–Trinajstić information content (AvgIpc) is 2.43. The van der Waals surface area contributed by atoms with Crippen molar-refractivity contribution in [3.05, 3.63) is 64.2 Å². The van der Waals surface area contributed by atoms with Crippen molar-refractivity contribution in [2.45, 2.75) is 13.8 Å². The Morgan fingerprint density at radius 2 is 1.62 bits per heavy atom. The second kappa shape index (κ2) is 5.55. The van der Waals surface area contributed by atoms with Crippen LogP contribution in [0.4, 0.5) is 23.2 Å². The van der Waals surface area contributed by atoms with E-state index < -0.39 is 40.3 Å². The number of hydrogen-bond donors (Lipinski definition) is 1. The minimum Gasteiger partial charge on any atom is -0.322 e. The van der Waals surface area contributed by atoms with E-state index >= 15 is 0 Å². The quantitative estimate of drug-likeness (QED) is 0.504. The Morgan fingerprint density at radius 3 is 2.24 bits per heavy atom. The topological polar surface area (TPSA) is 29.1 Å². The SMILES string of the molecule is Cc1cccc(NC(=O)c2c(F)c(C)c(F)c(F)c2F)c1. The van der Waals surface area contributed by atoms with E-state index in [4.69, 9.17) is 0 Å². The molecule has 0 bridgehead atoms. The number of hydrogen-bond acceptors (Lipinski definition) is 1. The first-order chi connectivity index (χ1) is 9.82. The molecular formula is C15H11F4NO. The summed E-state index contributed by atoms with van der Waals surface area (Å²) < 4.78 is 53.9. The summed E-state index contributed by atoms with van der Waals surface area (Å²) in [5.41, 5.74) is -0.785. The predicted octanol–water partition coefficient (Wildman–Crippen LogP) is 4.11. The van der Waals surface area contributed by atoms with Crippen molar-refractivity contribution in [2.75, 3.05) is 5.32 Å². The summed E-state index contributed by atoms with van der Waals surface area (Å²) in [6.07, 6.45) is 0. The molecule has 0 aliphatic carbocycles. The zero-order chi connectivity index (χ0) is 15.7. The van der Waals surface area contributed by atoms with Gasteiger partial charge in [0.2, 0.25) is 0 Å². The van der Waals surface area contributed by atoms with Gasteiger partial charge < -0.3 is 5.32 Å². The number of anilines is 1. The van der Waals surface area contributed by atoms with Crippen LogP contribution in [0, 0.1) is 37.1 Å². The van der Waals surface area contributed by atoms with Crippen LogP contribution in [0.25, 0.3) is 0 Å². The van der Waals surface area contributed by atoms with E-state index in [1.165, 1.54) is 6.07 Å². The van der Waals surface area contributed by atoms with Crippen molar-refractivity contribution < 1.29 is 22.4 Å². The number of benzene rings is 2. The van der Waals surface area contributed by atoms with Crippen LogP contribution in [0.2, 0.25) is 0 Å². The van der Waals surface area contributed by atoms with Crippen LogP contribution in [0.15, 0.2) is 24.3 Å². The molecule has 2 aromatic carbocycles. The van der Waals surface area contributed by atoms with E-state index in [0.717, 1.165) is 12.5 Å². The summed E-state index contributed by atoms with van der Waals surface area (Å²) in [5.74, 6) is -7.96. The number of aryl methyl sites for hydroxylation is 1. The van der Waals surface area contributed by atoms with Crippen LogP contribution in [0.5, 0.6) is 0 Å². The van der Waals surface area contributed by atoms with Gasteiger partial charge in [-0.2, -0.15) is 0 Å². The molecule has 0 fully saturated rings. The molecule has 0 saturated carbocycles. The molecular weight excluding hydrogens is 286 g/mol. The highest BCUT2D eigenvalue weighted by molar-refractivity contribution is 6.04. The average molecular weight is 297 g/mol. The molecule has 0 aliphatic rings. The molecule has 2 aromatic rings. The number of carbonyl (C=O) groups is 1. The molecule has 0 atom stereocenters. The van der Waals surface area contributed by atoms with Crippen LogP contribution >= 0.6 is 0 Å². The maximum Gasteiger partial charge on any atom is 0.261 e. The van der Waals surface area contributed by atoms with E-state index in [0.29, 0.717) is 5.69 Å². The molecule has 0 aliphatic heterocycles. The smallest absolute Gasteiger partial charge is 0.261 e. The third-order valence-electron chi connectivity index (χ3n) is 2.99. The van der Waals surface area contributed by atoms with Gasteiger partial charge in [-0.3, -0.25) is 4.79 Å². The summed E-state index contributed by atoms with van der Waals surface area (Å²) >= 11 is 0. The number of nitrogens with one attached hydrogen (secondary N) is 1. The lowest BCUT2D eigenvalue weighted by atomic mass is 10.1. The highest BCUT2D eigenvalue weighted by Gasteiger charge is 2.27. The molecule has 21 heavy (non-hydrogen) atoms. The normalized spacial score (nSPS) is 10.6. The summed E-state index contributed by atoms with van der Waals surface area (Å²) in [6, 6.07) is 6.47. The van der Waals surface area contributed by atoms with Crippen molar-refractivity contribution in [2.24, 2.45) is 0 Å². The second-order valence-electron chi connectivity index (χ2n) is 4.58. The molecule has 0 heterocycles. The number of amides is 1. The first kappa shape index (κ1) is 15.0. The Hall–Kier alpha value is -2.37. The molecule has 0 saturated heterocycles. The highest BCUT2D eigenvalue weighted by atomic mass is 19.2. The van der Waals surface area contributed by atoms with Crippen LogP contribution in [-0.4, -0.2) is 5.91 Å². The molecule has 0 spiro atoms. The summed E-state index contributed by atoms with van der Waals surface area (Å²) in [5, 5.41) is 2.25. The van der Waals surface area contributed by atoms with Gasteiger partial charge in [-0.05, 0) is 31.5 Å². The largest absolute Gasteiger partial charge is 0.322 e. The third-order valence-corrected chi connectivity index (χ3v) is 2.99. The Morgan fingerprint density at radius 1 is 0.952 bits per heavy atom. The molecule has 0 radical (unpaired) electrons. The van der Waals surface area contributed by atoms with Gasteiger partial charge in [-0.15, -0.1) is 0 Å². The van der Waals surface area contributed by atoms with Crippen LogP contribution in [0.1, 0.15) is 21.5 Å². The van der Waals surface area contributed by atoms with Crippen LogP contribution in [-0.2, 0) is 0 Å². The van der Waals surface area contributed by atoms with Crippen molar-refractivity contribution >= 4 is 11.6 Å². The number of rotatable bonds is 2. The van der Waals surface area contributed by atoms with Gasteiger partial charge in [0.25, 0.3) is 5.91 Å². The minimum absolute atomic E-state index is 0.293. The van der Waals surface area contributed by atoms with Gasteiger partial charge in [-0.1, -0.05) is 12.1 Å². The maximum absolute atomic E-state index is 13.8. The standard InChI is InChI=1S/C15H11F4NO/c1-7-4-3-5-9(6-7)20-15(21)10-11(16)8(2)12(17)14(19)13(10)18/h3-6H,1-2H3,(H,20,21). The zero-order valence-corrected chi connectivity index (χ0v) is 11.2. The summed E-state index contributed by atoms with van der Waals surface area (Å²) in [6.45, 7) is 2.69. The van der Waals surface area contributed by atoms with E-state index in [9.17, 15) is 22.4 Å². The van der Waals surface area contributed by atoms with Gasteiger partial charge in [0.1, 0.15) is 11.4 Å². The number of halogens is 4. The molecule has 1 N–H and O–H groups in total. The molecule has 6 heteroatoms. The van der Waals surface area contributed by atoms with Crippen LogP contribution in [0.3, 0.4) is 0 Å². The second-order valence-corrected chi connectivity index (χ2v) is 4.58. The number of carbonyl (C=O) groups excluding carboxylic acids is 1. The van der Waals surface area contributed by atoms with Gasteiger partial charge in [0, 0.05) is 11.3 Å². The van der Waals surface area contributed by atoms with E-state index in [-0.39, 0.29) is 0 Å². The van der Waals surface area contributed by atoms with Crippen LogP contribution < -0.4 is 5.32 Å². The lowest BCUT2D eigenvalue weighted by Gasteiger charge is -2.10. The highest BCUT2D eigenvalue weighted by Crippen LogP contribution is 2.24. The molecule has 2 rings (SSSR count). The molecule has 0 unspecified atom stereocenters. The molecule has 110 valence electrons. The molecule has 0 aromatic heterocycles. The van der Waals surface area contributed by atoms with Crippen molar-refractivity contribution in [3.8, 4) is 0 Å². The fourth-order valence-electron chi connectivity index (χ4n) is 1.87. The summed E-state index contributed by atoms with van der Waals surface area (Å²) in [4.78, 5) is 11.9. The van der Waals surface area contributed by atoms with Gasteiger partial charge >= 0.3 is 0 Å². The monoisotopic (exact) mass is 297 g/mol. The molecule has 1 amide bonds. The van der Waals surface area contributed by atoms with Crippen molar-refractivity contribution in [3.63, 3.8) is 0 Å². The Balaban J connectivity index is 2.45. The fourth-order valence-corrected chi connectivity index (χ4v) is 1.87. The van der Waals surface area contributed by atoms with E-state index in [1.54, 1.807) is 25.1 Å². The summed E-state index contributed by atoms with van der Waals surface area (Å²) in [7, 11) is 0. The van der Waals surface area contributed by atoms with E-state index in [2.05, 4.69) is 5.32 Å². The Bertz CT molecular complexity index is 699. The van der Waals surface area contributed by atoms with E-state index in [1.807, 2.05) is 0 Å². The Labute approximate surface area is 118 Å². The van der Waals surface area contributed by atoms with Crippen molar-refractivity contribution in [1.29, 1.82) is 0 Å². The lowest BCUT2D eigenvalue weighted by Crippen LogP contribution is -2.19. The van der Waals surface area contributed by atoms with Crippen molar-refractivity contribution in [1.82, 2.24) is 0 Å². The minimum atomic E-state index is -1.87. The predicted molar refractivity (Wildman–Crippen MR) is 70.1 cm³/mol. The first-order valence-corrected chi connectivity index (χ1v) is 6.03. The zero-order valence-electron chi connectivity index (χ0n) is 11.2. The van der Waals surface area contributed by atoms with Gasteiger partial charge in [0.05, 0.1) is 0 Å². The maximum atomic E-state index is 13.8. The lowest BCUT2D eigenvalue weighted by molar-refractivity contribution is 0.101. The first-order valence-electron chi connectivity index (χ1n) is 6.03. The fraction of sp³-hybridized carbons (Fsp3) is 0.133. The van der Waals surface area contributed by atoms with Gasteiger partial charge in [0.15, 0.2) is 17.5 Å².